The number of piperazine rings is 1. The van der Waals surface area contributed by atoms with Gasteiger partial charge in [-0.1, -0.05) is 0 Å². The number of amides is 1. The molecule has 0 saturated carbocycles. The topological polar surface area (TPSA) is 97.1 Å². The predicted molar refractivity (Wildman–Crippen MR) is 105 cm³/mol. The number of H-pyrrole nitrogens is 2. The number of carbonyl (C=O) groups is 1. The number of anilines is 2. The van der Waals surface area contributed by atoms with E-state index in [1.54, 1.807) is 18.2 Å². The number of alkyl halides is 3. The maximum Gasteiger partial charge on any atom is 0.417 e. The van der Waals surface area contributed by atoms with Crippen LogP contribution in [0.15, 0.2) is 41.3 Å². The molecule has 0 aliphatic carbocycles. The number of nitrogens with one attached hydrogen (secondary N) is 3. The third-order valence-electron chi connectivity index (χ3n) is 4.94. The van der Waals surface area contributed by atoms with Gasteiger partial charge < -0.3 is 20.2 Å². The van der Waals surface area contributed by atoms with Crippen LogP contribution in [0, 0.1) is 0 Å². The Morgan fingerprint density at radius 2 is 1.80 bits per heavy atom. The fraction of sp³-hybridized carbons (Fsp3) is 0.316. The van der Waals surface area contributed by atoms with Crippen molar-refractivity contribution in [2.75, 3.05) is 42.9 Å². The zero-order valence-electron chi connectivity index (χ0n) is 15.8. The summed E-state index contributed by atoms with van der Waals surface area (Å²) in [5.74, 6) is 0.300. The van der Waals surface area contributed by atoms with Gasteiger partial charge in [-0.2, -0.15) is 13.2 Å². The van der Waals surface area contributed by atoms with Gasteiger partial charge in [-0.25, -0.2) is 9.78 Å². The molecule has 1 fully saturated rings. The molecule has 3 aromatic rings. The molecule has 4 rings (SSSR count). The molecule has 30 heavy (non-hydrogen) atoms. The summed E-state index contributed by atoms with van der Waals surface area (Å²) < 4.78 is 38.0. The molecular weight excluding hydrogens is 401 g/mol. The molecule has 1 aromatic carbocycles. The quantitative estimate of drug-likeness (QED) is 0.600. The van der Waals surface area contributed by atoms with E-state index in [9.17, 15) is 22.8 Å². The molecule has 2 aromatic heterocycles. The van der Waals surface area contributed by atoms with Gasteiger partial charge in [0, 0.05) is 38.1 Å². The van der Waals surface area contributed by atoms with Crippen LogP contribution >= 0.6 is 0 Å². The molecule has 3 heterocycles. The summed E-state index contributed by atoms with van der Waals surface area (Å²) in [7, 11) is 0. The fourth-order valence-electron chi connectivity index (χ4n) is 3.39. The van der Waals surface area contributed by atoms with Crippen LogP contribution in [-0.4, -0.2) is 58.5 Å². The Morgan fingerprint density at radius 3 is 2.47 bits per heavy atom. The Hall–Kier alpha value is -3.34. The van der Waals surface area contributed by atoms with Crippen LogP contribution in [0.1, 0.15) is 5.56 Å². The first kappa shape index (κ1) is 20.0. The maximum absolute atomic E-state index is 12.7. The largest absolute Gasteiger partial charge is 0.417 e. The first-order chi connectivity index (χ1) is 14.3. The highest BCUT2D eigenvalue weighted by atomic mass is 19.4. The summed E-state index contributed by atoms with van der Waals surface area (Å²) in [6.07, 6.45) is -3.57. The molecule has 158 valence electrons. The number of aromatic amines is 2. The van der Waals surface area contributed by atoms with Crippen LogP contribution in [0.4, 0.5) is 24.7 Å². The van der Waals surface area contributed by atoms with Gasteiger partial charge in [-0.3, -0.25) is 9.69 Å². The summed E-state index contributed by atoms with van der Waals surface area (Å²) in [5.41, 5.74) is 0.758. The second-order valence-electron chi connectivity index (χ2n) is 7.05. The lowest BCUT2D eigenvalue weighted by atomic mass is 10.2. The van der Waals surface area contributed by atoms with Gasteiger partial charge in [0.2, 0.25) is 5.91 Å². The Morgan fingerprint density at radius 1 is 1.07 bits per heavy atom. The van der Waals surface area contributed by atoms with E-state index in [0.717, 1.165) is 12.3 Å². The number of hydrogen-bond donors (Lipinski definition) is 3. The molecule has 1 amide bonds. The summed E-state index contributed by atoms with van der Waals surface area (Å²) in [4.78, 5) is 36.7. The molecule has 0 unspecified atom stereocenters. The first-order valence-corrected chi connectivity index (χ1v) is 9.30. The first-order valence-electron chi connectivity index (χ1n) is 9.30. The molecule has 0 radical (unpaired) electrons. The van der Waals surface area contributed by atoms with Gasteiger partial charge in [-0.05, 0) is 30.3 Å². The number of benzene rings is 1. The second kappa shape index (κ2) is 7.82. The van der Waals surface area contributed by atoms with Crippen LogP contribution in [0.2, 0.25) is 0 Å². The highest BCUT2D eigenvalue weighted by Gasteiger charge is 2.31. The highest BCUT2D eigenvalue weighted by molar-refractivity contribution is 5.94. The summed E-state index contributed by atoms with van der Waals surface area (Å²) >= 11 is 0. The SMILES string of the molecule is O=C(CN1CCN(c2ccc(C(F)(F)F)cn2)CC1)Nc1ccc2[nH]c(=O)[nH]c2c1. The van der Waals surface area contributed by atoms with Gasteiger partial charge in [0.1, 0.15) is 5.82 Å². The molecule has 0 spiro atoms. The minimum absolute atomic E-state index is 0.187. The van der Waals surface area contributed by atoms with Crippen LogP contribution < -0.4 is 15.9 Å². The van der Waals surface area contributed by atoms with E-state index in [4.69, 9.17) is 0 Å². The van der Waals surface area contributed by atoms with Gasteiger partial charge in [0.05, 0.1) is 23.1 Å². The number of pyridine rings is 1. The Balaban J connectivity index is 1.29. The van der Waals surface area contributed by atoms with Crippen molar-refractivity contribution >= 4 is 28.4 Å². The van der Waals surface area contributed by atoms with Crippen LogP contribution in [-0.2, 0) is 11.0 Å². The average Bonchev–Trinajstić information content (AvgIpc) is 3.07. The van der Waals surface area contributed by atoms with Crippen molar-refractivity contribution in [1.29, 1.82) is 0 Å². The van der Waals surface area contributed by atoms with Crippen molar-refractivity contribution in [3.05, 3.63) is 52.6 Å². The molecule has 8 nitrogen and oxygen atoms in total. The molecule has 0 atom stereocenters. The number of hydrogen-bond acceptors (Lipinski definition) is 5. The number of imidazole rings is 1. The van der Waals surface area contributed by atoms with Crippen molar-refractivity contribution in [2.45, 2.75) is 6.18 Å². The molecule has 0 bridgehead atoms. The predicted octanol–water partition coefficient (Wildman–Crippen LogP) is 2.03. The number of carbonyl (C=O) groups excluding carboxylic acids is 1. The van der Waals surface area contributed by atoms with E-state index in [0.29, 0.717) is 48.7 Å². The molecule has 11 heteroatoms. The third-order valence-corrected chi connectivity index (χ3v) is 4.94. The Labute approximate surface area is 168 Å². The minimum atomic E-state index is -4.40. The van der Waals surface area contributed by atoms with Gasteiger partial charge in [0.25, 0.3) is 0 Å². The molecule has 1 aliphatic heterocycles. The van der Waals surface area contributed by atoms with E-state index >= 15 is 0 Å². The van der Waals surface area contributed by atoms with Gasteiger partial charge in [-0.15, -0.1) is 0 Å². The number of fused-ring (bicyclic) bond motifs is 1. The summed E-state index contributed by atoms with van der Waals surface area (Å²) in [6.45, 7) is 2.47. The van der Waals surface area contributed by atoms with Crippen molar-refractivity contribution < 1.29 is 18.0 Å². The van der Waals surface area contributed by atoms with Crippen LogP contribution in [0.3, 0.4) is 0 Å². The van der Waals surface area contributed by atoms with Gasteiger partial charge >= 0.3 is 11.9 Å². The zero-order valence-corrected chi connectivity index (χ0v) is 15.8. The summed E-state index contributed by atoms with van der Waals surface area (Å²) in [6, 6.07) is 7.49. The third kappa shape index (κ3) is 4.46. The van der Waals surface area contributed by atoms with Crippen LogP contribution in [0.5, 0.6) is 0 Å². The van der Waals surface area contributed by atoms with Crippen molar-refractivity contribution in [3.8, 4) is 0 Å². The highest BCUT2D eigenvalue weighted by Crippen LogP contribution is 2.29. The van der Waals surface area contributed by atoms with Crippen molar-refractivity contribution in [2.24, 2.45) is 0 Å². The number of halogens is 3. The lowest BCUT2D eigenvalue weighted by Crippen LogP contribution is -2.48. The van der Waals surface area contributed by atoms with E-state index < -0.39 is 11.7 Å². The van der Waals surface area contributed by atoms with E-state index in [1.807, 2.05) is 9.80 Å². The maximum atomic E-state index is 12.7. The zero-order chi connectivity index (χ0) is 21.3. The van der Waals surface area contributed by atoms with Crippen molar-refractivity contribution in [3.63, 3.8) is 0 Å². The second-order valence-corrected chi connectivity index (χ2v) is 7.05. The monoisotopic (exact) mass is 420 g/mol. The lowest BCUT2D eigenvalue weighted by molar-refractivity contribution is -0.137. The number of aromatic nitrogens is 3. The summed E-state index contributed by atoms with van der Waals surface area (Å²) in [5, 5.41) is 2.80. The standard InChI is InChI=1S/C19H19F3N6O2/c20-19(21,22)12-1-4-16(23-10-12)28-7-5-27(6-8-28)11-17(29)24-13-2-3-14-15(9-13)26-18(30)25-14/h1-4,9-10H,5-8,11H2,(H,24,29)(H2,25,26,30). The molecular formula is C19H19F3N6O2. The van der Waals surface area contributed by atoms with Gasteiger partial charge in [0.15, 0.2) is 0 Å². The van der Waals surface area contributed by atoms with Crippen LogP contribution in [0.25, 0.3) is 11.0 Å². The lowest BCUT2D eigenvalue weighted by Gasteiger charge is -2.35. The van der Waals surface area contributed by atoms with E-state index in [-0.39, 0.29) is 18.1 Å². The smallest absolute Gasteiger partial charge is 0.354 e. The molecule has 3 N–H and O–H groups in total. The molecule has 1 saturated heterocycles. The minimum Gasteiger partial charge on any atom is -0.354 e. The number of nitrogens with zero attached hydrogens (tertiary/aromatic N) is 3. The Kier molecular flexibility index (Phi) is 5.20. The molecule has 1 aliphatic rings. The van der Waals surface area contributed by atoms with Crippen molar-refractivity contribution in [1.82, 2.24) is 19.9 Å². The fourth-order valence-corrected chi connectivity index (χ4v) is 3.39. The van der Waals surface area contributed by atoms with E-state index in [2.05, 4.69) is 20.3 Å². The normalized spacial score (nSPS) is 15.5. The average molecular weight is 420 g/mol. The number of rotatable bonds is 4. The Bertz CT molecular complexity index is 1100. The van der Waals surface area contributed by atoms with E-state index in [1.165, 1.54) is 6.07 Å².